The van der Waals surface area contributed by atoms with Crippen molar-refractivity contribution in [2.45, 2.75) is 38.3 Å². The summed E-state index contributed by atoms with van der Waals surface area (Å²) in [6.07, 6.45) is 6.64. The zero-order chi connectivity index (χ0) is 17.5. The lowest BCUT2D eigenvalue weighted by Crippen LogP contribution is -2.23. The van der Waals surface area contributed by atoms with Crippen LogP contribution in [0.3, 0.4) is 0 Å². The molecule has 2 aromatic rings. The van der Waals surface area contributed by atoms with Gasteiger partial charge in [0.1, 0.15) is 11.9 Å². The first-order valence-corrected chi connectivity index (χ1v) is 8.57. The smallest absolute Gasteiger partial charge is 0.218 e. The first-order valence-electron chi connectivity index (χ1n) is 8.57. The first kappa shape index (κ1) is 20.3. The number of hydrogen-bond donors (Lipinski definition) is 2. The lowest BCUT2D eigenvalue weighted by atomic mass is 10.2. The van der Waals surface area contributed by atoms with Crippen molar-refractivity contribution in [3.8, 4) is 11.6 Å². The number of hydrogen-bond acceptors (Lipinski definition) is 4. The van der Waals surface area contributed by atoms with Gasteiger partial charge >= 0.3 is 0 Å². The molecule has 0 bridgehead atoms. The molecule has 0 saturated heterocycles. The molecule has 140 valence electrons. The predicted octanol–water partition coefficient (Wildman–Crippen LogP) is 3.96. The molecule has 6 nitrogen and oxygen atoms in total. The Balaban J connectivity index is 0.00000243. The van der Waals surface area contributed by atoms with Crippen molar-refractivity contribution < 1.29 is 9.47 Å². The molecule has 0 unspecified atom stereocenters. The van der Waals surface area contributed by atoms with Gasteiger partial charge in [-0.25, -0.2) is 9.98 Å². The van der Waals surface area contributed by atoms with Crippen LogP contribution in [-0.4, -0.2) is 24.2 Å². The summed E-state index contributed by atoms with van der Waals surface area (Å²) < 4.78 is 11.3. The number of aromatic nitrogens is 1. The number of rotatable bonds is 6. The van der Waals surface area contributed by atoms with Gasteiger partial charge in [0.25, 0.3) is 0 Å². The van der Waals surface area contributed by atoms with Gasteiger partial charge in [-0.1, -0.05) is 18.2 Å². The maximum atomic E-state index is 6.03. The number of nitrogens with zero attached hydrogens (tertiary/aromatic N) is 2. The third kappa shape index (κ3) is 5.48. The Morgan fingerprint density at radius 1 is 1.23 bits per heavy atom. The zero-order valence-corrected chi connectivity index (χ0v) is 17.2. The normalized spacial score (nSPS) is 14.6. The second-order valence-corrected chi connectivity index (χ2v) is 6.02. The van der Waals surface area contributed by atoms with Gasteiger partial charge in [-0.3, -0.25) is 0 Å². The van der Waals surface area contributed by atoms with E-state index in [0.29, 0.717) is 24.1 Å². The van der Waals surface area contributed by atoms with Crippen LogP contribution in [-0.2, 0) is 6.54 Å². The molecule has 3 N–H and O–H groups in total. The van der Waals surface area contributed by atoms with Crippen LogP contribution in [0, 0.1) is 0 Å². The van der Waals surface area contributed by atoms with Crippen LogP contribution in [0.15, 0.2) is 47.6 Å². The summed E-state index contributed by atoms with van der Waals surface area (Å²) in [5.74, 6) is 1.69. The molecule has 0 spiro atoms. The van der Waals surface area contributed by atoms with E-state index in [4.69, 9.17) is 15.2 Å². The van der Waals surface area contributed by atoms with Crippen molar-refractivity contribution >= 4 is 35.6 Å². The van der Waals surface area contributed by atoms with E-state index in [2.05, 4.69) is 15.3 Å². The zero-order valence-electron chi connectivity index (χ0n) is 14.9. The van der Waals surface area contributed by atoms with Gasteiger partial charge in [0.15, 0.2) is 5.96 Å². The summed E-state index contributed by atoms with van der Waals surface area (Å²) in [5, 5.41) is 3.07. The number of methoxy groups -OCH3 is 1. The second-order valence-electron chi connectivity index (χ2n) is 6.02. The van der Waals surface area contributed by atoms with Gasteiger partial charge in [0.2, 0.25) is 5.88 Å². The van der Waals surface area contributed by atoms with E-state index >= 15 is 0 Å². The Kier molecular flexibility index (Phi) is 7.96. The number of aliphatic imine (C=N–C) groups is 1. The average molecular weight is 468 g/mol. The van der Waals surface area contributed by atoms with Crippen molar-refractivity contribution in [3.05, 3.63) is 48.2 Å². The number of para-hydroxylation sites is 2. The third-order valence-corrected chi connectivity index (χ3v) is 4.22. The summed E-state index contributed by atoms with van der Waals surface area (Å²) in [5.41, 5.74) is 7.72. The summed E-state index contributed by atoms with van der Waals surface area (Å²) in [6, 6.07) is 11.4. The fourth-order valence-electron chi connectivity index (χ4n) is 2.91. The lowest BCUT2D eigenvalue weighted by Gasteiger charge is -2.14. The minimum Gasteiger partial charge on any atom is -0.495 e. The predicted molar refractivity (Wildman–Crippen MR) is 114 cm³/mol. The molecule has 7 heteroatoms. The first-order chi connectivity index (χ1) is 12.3. The SMILES string of the molecule is COc1ccccc1NC(N)=NCc1cccnc1OC1CCCC1.I. The maximum absolute atomic E-state index is 6.03. The van der Waals surface area contributed by atoms with E-state index in [0.717, 1.165) is 24.1 Å². The van der Waals surface area contributed by atoms with E-state index in [1.54, 1.807) is 13.3 Å². The van der Waals surface area contributed by atoms with Crippen LogP contribution in [0.1, 0.15) is 31.2 Å². The van der Waals surface area contributed by atoms with Gasteiger partial charge in [-0.15, -0.1) is 24.0 Å². The number of ether oxygens (including phenoxy) is 2. The van der Waals surface area contributed by atoms with Gasteiger partial charge < -0.3 is 20.5 Å². The Labute approximate surface area is 171 Å². The number of nitrogens with one attached hydrogen (secondary N) is 1. The van der Waals surface area contributed by atoms with Gasteiger partial charge in [0.05, 0.1) is 19.3 Å². The van der Waals surface area contributed by atoms with E-state index in [1.807, 2.05) is 36.4 Å². The molecule has 0 atom stereocenters. The van der Waals surface area contributed by atoms with Gasteiger partial charge in [0, 0.05) is 11.8 Å². The topological polar surface area (TPSA) is 81.8 Å². The third-order valence-electron chi connectivity index (χ3n) is 4.22. The Bertz CT molecular complexity index is 733. The summed E-state index contributed by atoms with van der Waals surface area (Å²) in [4.78, 5) is 8.77. The molecule has 0 radical (unpaired) electrons. The highest BCUT2D eigenvalue weighted by Crippen LogP contribution is 2.26. The molecule has 26 heavy (non-hydrogen) atoms. The molecular formula is C19H25IN4O2. The minimum absolute atomic E-state index is 0. The number of halogens is 1. The highest BCUT2D eigenvalue weighted by Gasteiger charge is 2.18. The molecular weight excluding hydrogens is 443 g/mol. The van der Waals surface area contributed by atoms with Crippen LogP contribution < -0.4 is 20.5 Å². The lowest BCUT2D eigenvalue weighted by molar-refractivity contribution is 0.199. The molecule has 1 aliphatic carbocycles. The average Bonchev–Trinajstić information content (AvgIpc) is 3.14. The van der Waals surface area contributed by atoms with Crippen molar-refractivity contribution in [3.63, 3.8) is 0 Å². The molecule has 1 aromatic heterocycles. The maximum Gasteiger partial charge on any atom is 0.218 e. The monoisotopic (exact) mass is 468 g/mol. The Hall–Kier alpha value is -2.03. The fourth-order valence-corrected chi connectivity index (χ4v) is 2.91. The van der Waals surface area contributed by atoms with Crippen molar-refractivity contribution in [1.29, 1.82) is 0 Å². The number of benzene rings is 1. The number of anilines is 1. The van der Waals surface area contributed by atoms with Crippen LogP contribution in [0.25, 0.3) is 0 Å². The summed E-state index contributed by atoms with van der Waals surface area (Å²) in [6.45, 7) is 0.407. The molecule has 1 aromatic carbocycles. The van der Waals surface area contributed by atoms with Crippen molar-refractivity contribution in [1.82, 2.24) is 4.98 Å². The van der Waals surface area contributed by atoms with Crippen LogP contribution in [0.2, 0.25) is 0 Å². The molecule has 0 aliphatic heterocycles. The quantitative estimate of drug-likeness (QED) is 0.381. The number of guanidine groups is 1. The number of nitrogens with two attached hydrogens (primary N) is 1. The highest BCUT2D eigenvalue weighted by atomic mass is 127. The van der Waals surface area contributed by atoms with E-state index in [-0.39, 0.29) is 30.1 Å². The van der Waals surface area contributed by atoms with Crippen molar-refractivity contribution in [2.75, 3.05) is 12.4 Å². The van der Waals surface area contributed by atoms with E-state index < -0.39 is 0 Å². The Morgan fingerprint density at radius 3 is 2.77 bits per heavy atom. The molecule has 1 fully saturated rings. The molecule has 1 heterocycles. The van der Waals surface area contributed by atoms with E-state index in [9.17, 15) is 0 Å². The van der Waals surface area contributed by atoms with E-state index in [1.165, 1.54) is 12.8 Å². The fraction of sp³-hybridized carbons (Fsp3) is 0.368. The van der Waals surface area contributed by atoms with Crippen LogP contribution >= 0.6 is 24.0 Å². The molecule has 1 saturated carbocycles. The highest BCUT2D eigenvalue weighted by molar-refractivity contribution is 14.0. The molecule has 3 rings (SSSR count). The largest absolute Gasteiger partial charge is 0.495 e. The van der Waals surface area contributed by atoms with Gasteiger partial charge in [-0.05, 0) is 43.9 Å². The Morgan fingerprint density at radius 2 is 2.00 bits per heavy atom. The number of pyridine rings is 1. The molecule has 0 amide bonds. The van der Waals surface area contributed by atoms with Crippen molar-refractivity contribution in [2.24, 2.45) is 10.7 Å². The second kappa shape index (κ2) is 10.2. The molecule has 1 aliphatic rings. The standard InChI is InChI=1S/C19H24N4O2.HI/c1-24-17-11-5-4-10-16(17)23-19(20)22-13-14-7-6-12-21-18(14)25-15-8-2-3-9-15;/h4-7,10-12,15H,2-3,8-9,13H2,1H3,(H3,20,22,23);1H. The summed E-state index contributed by atoms with van der Waals surface area (Å²) >= 11 is 0. The summed E-state index contributed by atoms with van der Waals surface area (Å²) in [7, 11) is 1.62. The van der Waals surface area contributed by atoms with Gasteiger partial charge in [-0.2, -0.15) is 0 Å². The minimum atomic E-state index is 0. The van der Waals surface area contributed by atoms with Crippen LogP contribution in [0.4, 0.5) is 5.69 Å². The van der Waals surface area contributed by atoms with Crippen LogP contribution in [0.5, 0.6) is 11.6 Å².